The minimum absolute atomic E-state index is 0.174. The van der Waals surface area contributed by atoms with Gasteiger partial charge >= 0.3 is 0 Å². The molecule has 0 fully saturated rings. The molecular weight excluding hydrogens is 286 g/mol. The van der Waals surface area contributed by atoms with E-state index in [9.17, 15) is 4.79 Å². The zero-order valence-corrected chi connectivity index (χ0v) is 14.3. The van der Waals surface area contributed by atoms with Crippen molar-refractivity contribution in [3.05, 3.63) is 53.9 Å². The van der Waals surface area contributed by atoms with Crippen LogP contribution in [0.2, 0.25) is 0 Å². The van der Waals surface area contributed by atoms with Crippen LogP contribution >= 0.6 is 0 Å². The molecule has 1 amide bonds. The Labute approximate surface area is 138 Å². The lowest BCUT2D eigenvalue weighted by atomic mass is 10.0. The van der Waals surface area contributed by atoms with Crippen molar-refractivity contribution in [2.45, 2.75) is 33.6 Å². The summed E-state index contributed by atoms with van der Waals surface area (Å²) < 4.78 is 0. The van der Waals surface area contributed by atoms with Crippen LogP contribution in [0.25, 0.3) is 0 Å². The SMILES string of the molecule is CCN(CC)c1ccnc(C(=O)Nc2ccccc2C(C)C)c1. The number of nitrogens with zero attached hydrogens (tertiary/aromatic N) is 2. The van der Waals surface area contributed by atoms with Gasteiger partial charge in [-0.2, -0.15) is 0 Å². The van der Waals surface area contributed by atoms with E-state index in [-0.39, 0.29) is 5.91 Å². The first-order valence-corrected chi connectivity index (χ1v) is 8.18. The molecule has 4 nitrogen and oxygen atoms in total. The van der Waals surface area contributed by atoms with Crippen molar-refractivity contribution in [1.82, 2.24) is 4.98 Å². The highest BCUT2D eigenvalue weighted by molar-refractivity contribution is 6.03. The zero-order valence-electron chi connectivity index (χ0n) is 14.3. The van der Waals surface area contributed by atoms with E-state index in [1.807, 2.05) is 36.4 Å². The van der Waals surface area contributed by atoms with Crippen LogP contribution in [0.1, 0.15) is 49.7 Å². The van der Waals surface area contributed by atoms with Crippen molar-refractivity contribution in [1.29, 1.82) is 0 Å². The third-order valence-electron chi connectivity index (χ3n) is 3.94. The van der Waals surface area contributed by atoms with Gasteiger partial charge in [-0.05, 0) is 43.5 Å². The van der Waals surface area contributed by atoms with Crippen molar-refractivity contribution >= 4 is 17.3 Å². The molecule has 0 saturated carbocycles. The molecule has 1 aromatic carbocycles. The minimum atomic E-state index is -0.174. The van der Waals surface area contributed by atoms with Crippen LogP contribution in [0.4, 0.5) is 11.4 Å². The lowest BCUT2D eigenvalue weighted by molar-refractivity contribution is 0.102. The monoisotopic (exact) mass is 311 g/mol. The molecule has 0 aliphatic rings. The van der Waals surface area contributed by atoms with Crippen LogP contribution in [0.15, 0.2) is 42.6 Å². The molecule has 1 heterocycles. The van der Waals surface area contributed by atoms with Crippen LogP contribution in [-0.4, -0.2) is 24.0 Å². The quantitative estimate of drug-likeness (QED) is 0.865. The topological polar surface area (TPSA) is 45.2 Å². The predicted molar refractivity (Wildman–Crippen MR) is 96.3 cm³/mol. The fraction of sp³-hybridized carbons (Fsp3) is 0.368. The molecule has 0 atom stereocenters. The molecule has 0 aliphatic heterocycles. The van der Waals surface area contributed by atoms with Crippen molar-refractivity contribution < 1.29 is 4.79 Å². The fourth-order valence-electron chi connectivity index (χ4n) is 2.63. The maximum atomic E-state index is 12.5. The van der Waals surface area contributed by atoms with Gasteiger partial charge in [-0.25, -0.2) is 0 Å². The lowest BCUT2D eigenvalue weighted by Crippen LogP contribution is -2.23. The first-order valence-electron chi connectivity index (χ1n) is 8.18. The smallest absolute Gasteiger partial charge is 0.274 e. The zero-order chi connectivity index (χ0) is 16.8. The van der Waals surface area contributed by atoms with E-state index < -0.39 is 0 Å². The maximum Gasteiger partial charge on any atom is 0.274 e. The number of aromatic nitrogens is 1. The van der Waals surface area contributed by atoms with Gasteiger partial charge < -0.3 is 10.2 Å². The third-order valence-corrected chi connectivity index (χ3v) is 3.94. The minimum Gasteiger partial charge on any atom is -0.372 e. The van der Waals surface area contributed by atoms with E-state index in [0.717, 1.165) is 30.0 Å². The van der Waals surface area contributed by atoms with Gasteiger partial charge in [-0.1, -0.05) is 32.0 Å². The molecule has 2 aromatic rings. The molecule has 122 valence electrons. The number of nitrogens with one attached hydrogen (secondary N) is 1. The molecule has 1 N–H and O–H groups in total. The summed E-state index contributed by atoms with van der Waals surface area (Å²) in [4.78, 5) is 19.0. The van der Waals surface area contributed by atoms with Gasteiger partial charge in [0.15, 0.2) is 0 Å². The predicted octanol–water partition coefficient (Wildman–Crippen LogP) is 4.30. The second-order valence-electron chi connectivity index (χ2n) is 5.77. The summed E-state index contributed by atoms with van der Waals surface area (Å²) in [5.74, 6) is 0.175. The van der Waals surface area contributed by atoms with Gasteiger partial charge in [-0.3, -0.25) is 9.78 Å². The Morgan fingerprint density at radius 3 is 2.52 bits per heavy atom. The highest BCUT2D eigenvalue weighted by Crippen LogP contribution is 2.24. The maximum absolute atomic E-state index is 12.5. The van der Waals surface area contributed by atoms with Gasteiger partial charge in [0.05, 0.1) is 0 Å². The van der Waals surface area contributed by atoms with E-state index in [1.54, 1.807) is 6.20 Å². The molecule has 0 aliphatic carbocycles. The fourth-order valence-corrected chi connectivity index (χ4v) is 2.63. The number of para-hydroxylation sites is 1. The van der Waals surface area contributed by atoms with Crippen molar-refractivity contribution in [2.24, 2.45) is 0 Å². The van der Waals surface area contributed by atoms with Gasteiger partial charge in [-0.15, -0.1) is 0 Å². The molecule has 4 heteroatoms. The molecule has 0 spiro atoms. The van der Waals surface area contributed by atoms with Crippen LogP contribution in [0.5, 0.6) is 0 Å². The Hall–Kier alpha value is -2.36. The Kier molecular flexibility index (Phi) is 5.74. The number of benzene rings is 1. The molecule has 0 bridgehead atoms. The van der Waals surface area contributed by atoms with Gasteiger partial charge in [0.25, 0.3) is 5.91 Å². The summed E-state index contributed by atoms with van der Waals surface area (Å²) in [6.07, 6.45) is 1.69. The first kappa shape index (κ1) is 17.0. The highest BCUT2D eigenvalue weighted by atomic mass is 16.1. The Balaban J connectivity index is 2.23. The Morgan fingerprint density at radius 1 is 1.17 bits per heavy atom. The lowest BCUT2D eigenvalue weighted by Gasteiger charge is -2.21. The molecule has 2 rings (SSSR count). The average molecular weight is 311 g/mol. The number of pyridine rings is 1. The average Bonchev–Trinajstić information content (AvgIpc) is 2.56. The summed E-state index contributed by atoms with van der Waals surface area (Å²) in [5.41, 5.74) is 3.43. The standard InChI is InChI=1S/C19H25N3O/c1-5-22(6-2)15-11-12-20-18(13-15)19(23)21-17-10-8-7-9-16(17)14(3)4/h7-14H,5-6H2,1-4H3,(H,21,23). The van der Waals surface area contributed by atoms with Crippen molar-refractivity contribution in [3.63, 3.8) is 0 Å². The normalized spacial score (nSPS) is 10.7. The van der Waals surface area contributed by atoms with Crippen molar-refractivity contribution in [2.75, 3.05) is 23.3 Å². The number of carbonyl (C=O) groups is 1. The second kappa shape index (κ2) is 7.77. The number of amides is 1. The van der Waals surface area contributed by atoms with E-state index >= 15 is 0 Å². The summed E-state index contributed by atoms with van der Waals surface area (Å²) in [7, 11) is 0. The highest BCUT2D eigenvalue weighted by Gasteiger charge is 2.13. The molecule has 23 heavy (non-hydrogen) atoms. The summed E-state index contributed by atoms with van der Waals surface area (Å²) in [5, 5.41) is 2.99. The van der Waals surface area contributed by atoms with Gasteiger partial charge in [0.2, 0.25) is 0 Å². The number of rotatable bonds is 6. The number of hydrogen-bond donors (Lipinski definition) is 1. The summed E-state index contributed by atoms with van der Waals surface area (Å²) in [6, 6.07) is 11.7. The first-order chi connectivity index (χ1) is 11.1. The Bertz CT molecular complexity index is 663. The molecule has 0 saturated heterocycles. The molecular formula is C19H25N3O. The summed E-state index contributed by atoms with van der Waals surface area (Å²) >= 11 is 0. The van der Waals surface area contributed by atoms with Gasteiger partial charge in [0, 0.05) is 30.7 Å². The largest absolute Gasteiger partial charge is 0.372 e. The third kappa shape index (κ3) is 4.09. The Morgan fingerprint density at radius 2 is 1.87 bits per heavy atom. The van der Waals surface area contributed by atoms with Crippen molar-refractivity contribution in [3.8, 4) is 0 Å². The van der Waals surface area contributed by atoms with Crippen LogP contribution in [0, 0.1) is 0 Å². The molecule has 1 aromatic heterocycles. The van der Waals surface area contributed by atoms with E-state index in [1.165, 1.54) is 0 Å². The van der Waals surface area contributed by atoms with E-state index in [4.69, 9.17) is 0 Å². The molecule has 0 radical (unpaired) electrons. The van der Waals surface area contributed by atoms with E-state index in [0.29, 0.717) is 11.6 Å². The molecule has 0 unspecified atom stereocenters. The van der Waals surface area contributed by atoms with Gasteiger partial charge in [0.1, 0.15) is 5.69 Å². The van der Waals surface area contributed by atoms with Crippen LogP contribution in [-0.2, 0) is 0 Å². The van der Waals surface area contributed by atoms with E-state index in [2.05, 4.69) is 42.9 Å². The van der Waals surface area contributed by atoms with Crippen LogP contribution in [0.3, 0.4) is 0 Å². The number of hydrogen-bond acceptors (Lipinski definition) is 3. The summed E-state index contributed by atoms with van der Waals surface area (Å²) in [6.45, 7) is 10.2. The second-order valence-corrected chi connectivity index (χ2v) is 5.77. The number of carbonyl (C=O) groups excluding carboxylic acids is 1. The van der Waals surface area contributed by atoms with Crippen LogP contribution < -0.4 is 10.2 Å². The number of anilines is 2.